The fourth-order valence-electron chi connectivity index (χ4n) is 2.47. The molecule has 0 saturated heterocycles. The van der Waals surface area contributed by atoms with Crippen LogP contribution >= 0.6 is 11.3 Å². The maximum absolute atomic E-state index is 12.2. The number of fused-ring (bicyclic) bond motifs is 1. The molecule has 0 spiro atoms. The number of benzene rings is 1. The fourth-order valence-corrected chi connectivity index (χ4v) is 4.47. The first kappa shape index (κ1) is 15.5. The van der Waals surface area contributed by atoms with E-state index in [1.54, 1.807) is 6.20 Å². The molecule has 1 unspecified atom stereocenters. The highest BCUT2D eigenvalue weighted by atomic mass is 32.2. The second-order valence-corrected chi connectivity index (χ2v) is 8.12. The quantitative estimate of drug-likeness (QED) is 0.877. The summed E-state index contributed by atoms with van der Waals surface area (Å²) in [5.41, 5.74) is 2.19. The van der Waals surface area contributed by atoms with Crippen molar-refractivity contribution in [3.05, 3.63) is 45.9 Å². The third-order valence-corrected chi connectivity index (χ3v) is 6.00. The van der Waals surface area contributed by atoms with Crippen molar-refractivity contribution in [2.75, 3.05) is 12.4 Å². The number of aryl methyl sites for hydroxylation is 1. The maximum Gasteiger partial charge on any atom is 0.212 e. The smallest absolute Gasteiger partial charge is 0.212 e. The van der Waals surface area contributed by atoms with Gasteiger partial charge in [-0.3, -0.25) is 0 Å². The third-order valence-electron chi connectivity index (χ3n) is 3.59. The molecule has 1 aliphatic rings. The van der Waals surface area contributed by atoms with Crippen LogP contribution in [0.15, 0.2) is 29.8 Å². The van der Waals surface area contributed by atoms with Gasteiger partial charge < -0.3 is 4.74 Å². The van der Waals surface area contributed by atoms with Crippen LogP contribution in [0.4, 0.5) is 0 Å². The Morgan fingerprint density at radius 1 is 1.45 bits per heavy atom. The molecule has 1 aromatic heterocycles. The number of sulfonamides is 1. The minimum Gasteiger partial charge on any atom is -0.493 e. The molecule has 1 aromatic carbocycles. The lowest BCUT2D eigenvalue weighted by Gasteiger charge is -2.12. The molecule has 0 bridgehead atoms. The van der Waals surface area contributed by atoms with Gasteiger partial charge in [0, 0.05) is 18.0 Å². The summed E-state index contributed by atoms with van der Waals surface area (Å²) in [5, 5.41) is 2.62. The largest absolute Gasteiger partial charge is 0.493 e. The summed E-state index contributed by atoms with van der Waals surface area (Å²) in [5.74, 6) is 0.990. The molecule has 1 aliphatic heterocycles. The van der Waals surface area contributed by atoms with E-state index in [0.717, 1.165) is 22.7 Å². The molecule has 0 fully saturated rings. The highest BCUT2D eigenvalue weighted by Crippen LogP contribution is 2.26. The molecule has 22 heavy (non-hydrogen) atoms. The standard InChI is InChI=1S/C15H18N2O3S2/c1-11(15-16-6-8-21-15)17-22(18,19)9-5-12-2-3-14-13(10-12)4-7-20-14/h2-3,6,8,10-11,17H,4-5,7,9H2,1H3. The summed E-state index contributed by atoms with van der Waals surface area (Å²) < 4.78 is 32.5. The van der Waals surface area contributed by atoms with Gasteiger partial charge in [0.2, 0.25) is 10.0 Å². The second kappa shape index (κ2) is 6.36. The Kier molecular flexibility index (Phi) is 4.46. The molecule has 3 rings (SSSR count). The number of rotatable bonds is 6. The summed E-state index contributed by atoms with van der Waals surface area (Å²) in [6, 6.07) is 5.61. The first-order chi connectivity index (χ1) is 10.5. The van der Waals surface area contributed by atoms with Crippen LogP contribution in [-0.2, 0) is 22.9 Å². The SMILES string of the molecule is CC(NS(=O)(=O)CCc1ccc2c(c1)CCO2)c1nccs1. The zero-order valence-electron chi connectivity index (χ0n) is 12.3. The molecule has 0 aliphatic carbocycles. The molecule has 7 heteroatoms. The highest BCUT2D eigenvalue weighted by Gasteiger charge is 2.18. The van der Waals surface area contributed by atoms with Crippen LogP contribution in [0.25, 0.3) is 0 Å². The molecule has 0 radical (unpaired) electrons. The second-order valence-electron chi connectivity index (χ2n) is 5.32. The van der Waals surface area contributed by atoms with Crippen molar-refractivity contribution in [2.45, 2.75) is 25.8 Å². The average molecular weight is 338 g/mol. The van der Waals surface area contributed by atoms with E-state index in [4.69, 9.17) is 4.74 Å². The summed E-state index contributed by atoms with van der Waals surface area (Å²) >= 11 is 1.45. The molecule has 1 N–H and O–H groups in total. The monoisotopic (exact) mass is 338 g/mol. The predicted molar refractivity (Wildman–Crippen MR) is 86.8 cm³/mol. The van der Waals surface area contributed by atoms with E-state index in [2.05, 4.69) is 9.71 Å². The van der Waals surface area contributed by atoms with E-state index < -0.39 is 10.0 Å². The van der Waals surface area contributed by atoms with Crippen molar-refractivity contribution in [3.8, 4) is 5.75 Å². The van der Waals surface area contributed by atoms with Gasteiger partial charge in [0.1, 0.15) is 10.8 Å². The van der Waals surface area contributed by atoms with Crippen molar-refractivity contribution >= 4 is 21.4 Å². The number of thiazole rings is 1. The minimum absolute atomic E-state index is 0.0718. The first-order valence-corrected chi connectivity index (χ1v) is 9.71. The van der Waals surface area contributed by atoms with Crippen LogP contribution in [0.3, 0.4) is 0 Å². The maximum atomic E-state index is 12.2. The lowest BCUT2D eigenvalue weighted by atomic mass is 10.1. The van der Waals surface area contributed by atoms with Gasteiger partial charge in [0.05, 0.1) is 18.4 Å². The summed E-state index contributed by atoms with van der Waals surface area (Å²) in [7, 11) is -3.33. The van der Waals surface area contributed by atoms with Crippen LogP contribution < -0.4 is 9.46 Å². The van der Waals surface area contributed by atoms with Crippen LogP contribution in [0.2, 0.25) is 0 Å². The number of hydrogen-bond donors (Lipinski definition) is 1. The summed E-state index contributed by atoms with van der Waals surface area (Å²) in [4.78, 5) is 4.14. The predicted octanol–water partition coefficient (Wildman–Crippen LogP) is 2.30. The Hall–Kier alpha value is -1.44. The van der Waals surface area contributed by atoms with Gasteiger partial charge in [-0.25, -0.2) is 18.1 Å². The molecular weight excluding hydrogens is 320 g/mol. The Balaban J connectivity index is 1.60. The van der Waals surface area contributed by atoms with Crippen molar-refractivity contribution in [2.24, 2.45) is 0 Å². The fraction of sp³-hybridized carbons (Fsp3) is 0.400. The van der Waals surface area contributed by atoms with Crippen molar-refractivity contribution in [3.63, 3.8) is 0 Å². The van der Waals surface area contributed by atoms with Gasteiger partial charge in [-0.1, -0.05) is 12.1 Å². The lowest BCUT2D eigenvalue weighted by Crippen LogP contribution is -2.29. The van der Waals surface area contributed by atoms with Gasteiger partial charge >= 0.3 is 0 Å². The molecule has 5 nitrogen and oxygen atoms in total. The minimum atomic E-state index is -3.33. The number of aromatic nitrogens is 1. The van der Waals surface area contributed by atoms with Crippen molar-refractivity contribution in [1.29, 1.82) is 0 Å². The lowest BCUT2D eigenvalue weighted by molar-refractivity contribution is 0.357. The highest BCUT2D eigenvalue weighted by molar-refractivity contribution is 7.89. The Labute approximate surface area is 134 Å². The number of ether oxygens (including phenoxy) is 1. The molecule has 118 valence electrons. The van der Waals surface area contributed by atoms with Crippen LogP contribution in [-0.4, -0.2) is 25.8 Å². The first-order valence-electron chi connectivity index (χ1n) is 7.17. The molecule has 0 amide bonds. The van der Waals surface area contributed by atoms with E-state index >= 15 is 0 Å². The van der Waals surface area contributed by atoms with E-state index in [1.807, 2.05) is 30.5 Å². The van der Waals surface area contributed by atoms with Gasteiger partial charge in [-0.05, 0) is 30.5 Å². The molecule has 2 aromatic rings. The average Bonchev–Trinajstić information content (AvgIpc) is 3.15. The van der Waals surface area contributed by atoms with Gasteiger partial charge in [-0.2, -0.15) is 0 Å². The number of nitrogens with one attached hydrogen (secondary N) is 1. The van der Waals surface area contributed by atoms with Crippen LogP contribution in [0.1, 0.15) is 29.1 Å². The third kappa shape index (κ3) is 3.66. The Bertz CT molecular complexity index is 742. The van der Waals surface area contributed by atoms with Crippen molar-refractivity contribution in [1.82, 2.24) is 9.71 Å². The molecular formula is C15H18N2O3S2. The van der Waals surface area contributed by atoms with E-state index in [-0.39, 0.29) is 11.8 Å². The van der Waals surface area contributed by atoms with Crippen LogP contribution in [0.5, 0.6) is 5.75 Å². The van der Waals surface area contributed by atoms with E-state index in [0.29, 0.717) is 13.0 Å². The normalized spacial score (nSPS) is 15.3. The zero-order chi connectivity index (χ0) is 15.6. The number of hydrogen-bond acceptors (Lipinski definition) is 5. The topological polar surface area (TPSA) is 68.3 Å². The van der Waals surface area contributed by atoms with Crippen molar-refractivity contribution < 1.29 is 13.2 Å². The van der Waals surface area contributed by atoms with Crippen LogP contribution in [0, 0.1) is 0 Å². The summed E-state index contributed by atoms with van der Waals surface area (Å²) in [6.45, 7) is 2.52. The van der Waals surface area contributed by atoms with Gasteiger partial charge in [-0.15, -0.1) is 11.3 Å². The van der Waals surface area contributed by atoms with Gasteiger partial charge in [0.25, 0.3) is 0 Å². The molecule has 1 atom stereocenters. The zero-order valence-corrected chi connectivity index (χ0v) is 13.9. The Morgan fingerprint density at radius 3 is 3.09 bits per heavy atom. The summed E-state index contributed by atoms with van der Waals surface area (Å²) in [6.07, 6.45) is 3.07. The van der Waals surface area contributed by atoms with E-state index in [9.17, 15) is 8.42 Å². The van der Waals surface area contributed by atoms with Gasteiger partial charge in [0.15, 0.2) is 0 Å². The number of nitrogens with zero attached hydrogens (tertiary/aromatic N) is 1. The molecule has 2 heterocycles. The molecule has 0 saturated carbocycles. The van der Waals surface area contributed by atoms with E-state index in [1.165, 1.54) is 16.9 Å². The Morgan fingerprint density at radius 2 is 2.32 bits per heavy atom.